The molecule has 9 rings (SSSR count). The Morgan fingerprint density at radius 2 is 1.39 bits per heavy atom. The Bertz CT molecular complexity index is 2550. The first-order chi connectivity index (χ1) is 31.5. The third kappa shape index (κ3) is 7.91. The largest absolute Gasteiger partial charge is 0.506 e. The van der Waals surface area contributed by atoms with Gasteiger partial charge in [-0.05, 0) is 50.5 Å². The number of phenolic OH excluding ortho intramolecular Hbond substituents is 3. The van der Waals surface area contributed by atoms with Gasteiger partial charge in [0.15, 0.2) is 35.4 Å². The van der Waals surface area contributed by atoms with Gasteiger partial charge in [0.05, 0.1) is 49.8 Å². The van der Waals surface area contributed by atoms with Gasteiger partial charge in [-0.2, -0.15) is 0 Å². The van der Waals surface area contributed by atoms with Crippen LogP contribution in [0, 0.1) is 0 Å². The molecule has 5 heterocycles. The summed E-state index contributed by atoms with van der Waals surface area (Å²) in [4.78, 5) is 27.8. The van der Waals surface area contributed by atoms with Crippen LogP contribution in [-0.2, 0) is 46.0 Å². The van der Waals surface area contributed by atoms with E-state index in [-0.39, 0.29) is 81.6 Å². The van der Waals surface area contributed by atoms with E-state index in [1.54, 1.807) is 26.8 Å². The summed E-state index contributed by atoms with van der Waals surface area (Å²) in [6.07, 6.45) is -10.00. The number of cyclic esters (lactones) is 1. The van der Waals surface area contributed by atoms with Gasteiger partial charge in [0.2, 0.25) is 11.7 Å². The molecule has 7 N–H and O–H groups in total. The van der Waals surface area contributed by atoms with Gasteiger partial charge in [-0.3, -0.25) is 4.79 Å². The molecule has 0 unspecified atom stereocenters. The summed E-state index contributed by atoms with van der Waals surface area (Å²) in [7, 11) is 2.81. The zero-order valence-corrected chi connectivity index (χ0v) is 37.3. The van der Waals surface area contributed by atoms with Crippen LogP contribution < -0.4 is 14.9 Å². The van der Waals surface area contributed by atoms with Gasteiger partial charge in [-0.1, -0.05) is 19.4 Å². The number of carbonyl (C=O) groups is 1. The molecular weight excluding hydrogens is 868 g/mol. The predicted octanol–water partition coefficient (Wildman–Crippen LogP) is 3.86. The summed E-state index contributed by atoms with van der Waals surface area (Å²) in [6.45, 7) is 7.03. The highest BCUT2D eigenvalue weighted by atomic mass is 16.7. The van der Waals surface area contributed by atoms with E-state index in [1.165, 1.54) is 26.4 Å². The Kier molecular flexibility index (Phi) is 12.6. The van der Waals surface area contributed by atoms with Crippen molar-refractivity contribution in [2.24, 2.45) is 0 Å². The van der Waals surface area contributed by atoms with Crippen molar-refractivity contribution in [2.75, 3.05) is 14.2 Å². The number of rotatable bonds is 10. The summed E-state index contributed by atoms with van der Waals surface area (Å²) in [5.74, 6) is -2.80. The van der Waals surface area contributed by atoms with Gasteiger partial charge in [0.1, 0.15) is 57.8 Å². The molecular formula is C47H56O19. The number of ether oxygens (including phenoxy) is 9. The molecule has 358 valence electrons. The molecule has 0 bridgehead atoms. The van der Waals surface area contributed by atoms with Crippen molar-refractivity contribution < 1.29 is 87.6 Å². The zero-order valence-electron chi connectivity index (χ0n) is 37.3. The molecule has 1 aromatic heterocycles. The topological polar surface area (TPSA) is 272 Å². The van der Waals surface area contributed by atoms with E-state index in [9.17, 15) is 45.3 Å². The molecule has 19 heteroatoms. The highest BCUT2D eigenvalue weighted by molar-refractivity contribution is 6.07. The molecule has 0 radical (unpaired) electrons. The van der Waals surface area contributed by atoms with Crippen LogP contribution >= 0.6 is 0 Å². The fourth-order valence-electron chi connectivity index (χ4n) is 10.3. The number of esters is 1. The predicted molar refractivity (Wildman–Crippen MR) is 229 cm³/mol. The maximum absolute atomic E-state index is 14.5. The highest BCUT2D eigenvalue weighted by Gasteiger charge is 2.46. The van der Waals surface area contributed by atoms with Crippen LogP contribution in [0.25, 0.3) is 33.1 Å². The fourth-order valence-corrected chi connectivity index (χ4v) is 10.3. The summed E-state index contributed by atoms with van der Waals surface area (Å²) in [6, 6.07) is 4.34. The SMILES string of the molecule is CCC[C@@H]1Cc2cc3c(c(O)c2C(=O)O1)-c1c(c(OC)c2oc4ccc(O[C@H]5C[C@@H](O)[C@H](O[C@H]6C[C@@H](O)[C@H](O[C@H]7C[C@@H](OC)[C@H](O)[C@@H](C)O7)[C@@H](C)O6)[C@@H](C)O5)c(O)c4c(=O)c2c1O)C[C@H]3O. The third-order valence-corrected chi connectivity index (χ3v) is 13.5. The van der Waals surface area contributed by atoms with Gasteiger partial charge in [0.25, 0.3) is 0 Å². The Hall–Kier alpha value is -4.80. The van der Waals surface area contributed by atoms with E-state index in [0.717, 1.165) is 6.42 Å². The zero-order chi connectivity index (χ0) is 47.0. The smallest absolute Gasteiger partial charge is 0.342 e. The molecule has 3 saturated heterocycles. The first-order valence-electron chi connectivity index (χ1n) is 22.4. The second-order valence-corrected chi connectivity index (χ2v) is 17.9. The number of hydrogen-bond donors (Lipinski definition) is 7. The number of benzene rings is 3. The van der Waals surface area contributed by atoms with Gasteiger partial charge in [0, 0.05) is 55.9 Å². The fraction of sp³-hybridized carbons (Fsp3) is 0.574. The maximum atomic E-state index is 14.5. The molecule has 0 amide bonds. The van der Waals surface area contributed by atoms with Crippen molar-refractivity contribution >= 4 is 27.9 Å². The van der Waals surface area contributed by atoms with E-state index in [4.69, 9.17) is 47.0 Å². The number of carbonyl (C=O) groups excluding carboxylic acids is 1. The Labute approximate surface area is 378 Å². The highest BCUT2D eigenvalue weighted by Crippen LogP contribution is 2.55. The molecule has 1 aliphatic carbocycles. The standard InChI is InChI=1S/C47H56O19/c1-7-8-21-11-20-12-22-24(48)13-23-35(34(22)40(53)33(20)47(56)62-21)41(54)37-42(55)36-27(64-46(37)45(23)58-6)9-10-28(39(36)52)63-30-14-25(49)43(18(3)60-30)65-31-15-26(50)44(19(4)61-31)66-32-16-29(57-5)38(51)17(2)59-32/h9-10,12,17-19,21,24-26,29-32,38,43-44,48-54H,7-8,11,13-16H2,1-6H3/t17-,18-,19-,21-,24-,25-,26-,29-,30+,31+,32+,38-,43-,44-/m1/s1. The Morgan fingerprint density at radius 1 is 0.742 bits per heavy atom. The maximum Gasteiger partial charge on any atom is 0.342 e. The quantitative estimate of drug-likeness (QED) is 0.0879. The number of methoxy groups -OCH3 is 2. The van der Waals surface area contributed by atoms with Crippen LogP contribution in [0.1, 0.15) is 93.0 Å². The molecule has 4 aromatic rings. The normalized spacial score (nSPS) is 33.2. The van der Waals surface area contributed by atoms with Crippen molar-refractivity contribution in [3.8, 4) is 39.9 Å². The van der Waals surface area contributed by atoms with Gasteiger partial charge < -0.3 is 82.8 Å². The molecule has 19 nitrogen and oxygen atoms in total. The van der Waals surface area contributed by atoms with E-state index in [0.29, 0.717) is 18.4 Å². The average molecular weight is 925 g/mol. The number of fused-ring (bicyclic) bond motifs is 6. The van der Waals surface area contributed by atoms with Crippen LogP contribution in [0.3, 0.4) is 0 Å². The molecule has 3 fully saturated rings. The number of aliphatic hydroxyl groups is 4. The van der Waals surface area contributed by atoms with Crippen LogP contribution in [-0.4, -0.2) is 136 Å². The molecule has 5 aliphatic rings. The molecule has 3 aromatic carbocycles. The van der Waals surface area contributed by atoms with Crippen molar-refractivity contribution in [1.82, 2.24) is 0 Å². The first-order valence-corrected chi connectivity index (χ1v) is 22.4. The minimum atomic E-state index is -1.20. The monoisotopic (exact) mass is 924 g/mol. The average Bonchev–Trinajstić information content (AvgIpc) is 3.26. The minimum absolute atomic E-state index is 0.00166. The molecule has 14 atom stereocenters. The van der Waals surface area contributed by atoms with E-state index in [2.05, 4.69) is 0 Å². The van der Waals surface area contributed by atoms with Crippen molar-refractivity contribution in [1.29, 1.82) is 0 Å². The van der Waals surface area contributed by atoms with Gasteiger partial charge in [-0.15, -0.1) is 0 Å². The lowest BCUT2D eigenvalue weighted by molar-refractivity contribution is -0.331. The number of aromatic hydroxyl groups is 3. The van der Waals surface area contributed by atoms with Crippen LogP contribution in [0.5, 0.6) is 28.7 Å². The van der Waals surface area contributed by atoms with Crippen LogP contribution in [0.15, 0.2) is 27.4 Å². The third-order valence-electron chi connectivity index (χ3n) is 13.5. The van der Waals surface area contributed by atoms with Crippen LogP contribution in [0.2, 0.25) is 0 Å². The van der Waals surface area contributed by atoms with Crippen molar-refractivity contribution in [3.63, 3.8) is 0 Å². The second kappa shape index (κ2) is 18.0. The summed E-state index contributed by atoms with van der Waals surface area (Å²) >= 11 is 0. The van der Waals surface area contributed by atoms with Gasteiger partial charge in [-0.25, -0.2) is 4.79 Å². The summed E-state index contributed by atoms with van der Waals surface area (Å²) in [5, 5.41) is 78.7. The lowest BCUT2D eigenvalue weighted by Gasteiger charge is -2.44. The molecule has 0 saturated carbocycles. The minimum Gasteiger partial charge on any atom is -0.506 e. The molecule has 4 aliphatic heterocycles. The number of phenols is 3. The number of aliphatic hydroxyl groups excluding tert-OH is 4. The van der Waals surface area contributed by atoms with Crippen LogP contribution in [0.4, 0.5) is 0 Å². The summed E-state index contributed by atoms with van der Waals surface area (Å²) in [5.41, 5.74) is -0.471. The van der Waals surface area contributed by atoms with Crippen molar-refractivity contribution in [3.05, 3.63) is 50.7 Å². The number of hydrogen-bond acceptors (Lipinski definition) is 19. The lowest BCUT2D eigenvalue weighted by atomic mass is 9.78. The molecule has 0 spiro atoms. The van der Waals surface area contributed by atoms with E-state index < -0.39 is 120 Å². The van der Waals surface area contributed by atoms with Gasteiger partial charge >= 0.3 is 5.97 Å². The Morgan fingerprint density at radius 3 is 2.05 bits per heavy atom. The van der Waals surface area contributed by atoms with E-state index >= 15 is 0 Å². The first kappa shape index (κ1) is 46.3. The van der Waals surface area contributed by atoms with Crippen molar-refractivity contribution in [2.45, 2.75) is 159 Å². The molecule has 66 heavy (non-hydrogen) atoms. The lowest BCUT2D eigenvalue weighted by Crippen LogP contribution is -2.56. The summed E-state index contributed by atoms with van der Waals surface area (Å²) < 4.78 is 59.1. The Balaban J connectivity index is 0.947. The van der Waals surface area contributed by atoms with E-state index in [1.807, 2.05) is 6.92 Å². The second-order valence-electron chi connectivity index (χ2n) is 17.9.